The van der Waals surface area contributed by atoms with Crippen molar-refractivity contribution in [2.75, 3.05) is 41.0 Å². The van der Waals surface area contributed by atoms with Crippen molar-refractivity contribution in [1.29, 1.82) is 0 Å². The van der Waals surface area contributed by atoms with E-state index < -0.39 is 18.3 Å². The lowest BCUT2D eigenvalue weighted by molar-refractivity contribution is -0.121. The summed E-state index contributed by atoms with van der Waals surface area (Å²) in [7, 11) is 4.47. The lowest BCUT2D eigenvalue weighted by Crippen LogP contribution is -2.28. The first kappa shape index (κ1) is 27.5. The lowest BCUT2D eigenvalue weighted by Gasteiger charge is -2.34. The van der Waals surface area contributed by atoms with Crippen molar-refractivity contribution in [1.82, 2.24) is 16.0 Å². The Balaban J connectivity index is 5.03. The van der Waals surface area contributed by atoms with Gasteiger partial charge in [0, 0.05) is 34.0 Å². The van der Waals surface area contributed by atoms with Crippen LogP contribution in [0.15, 0.2) is 0 Å². The molecule has 30 heavy (non-hydrogen) atoms. The molecule has 0 spiro atoms. The molecule has 0 fully saturated rings. The molecule has 0 aliphatic rings. The van der Waals surface area contributed by atoms with E-state index in [1.807, 2.05) is 6.92 Å². The third kappa shape index (κ3) is 12.8. The van der Waals surface area contributed by atoms with Crippen molar-refractivity contribution in [3.8, 4) is 0 Å². The van der Waals surface area contributed by atoms with E-state index in [2.05, 4.69) is 16.0 Å². The van der Waals surface area contributed by atoms with Gasteiger partial charge in [0.05, 0.1) is 19.8 Å². The van der Waals surface area contributed by atoms with E-state index in [1.54, 1.807) is 0 Å². The molecule has 0 radical (unpaired) electrons. The molecule has 174 valence electrons. The summed E-state index contributed by atoms with van der Waals surface area (Å²) < 4.78 is 15.2. The number of hydrogen-bond acceptors (Lipinski definition) is 7. The Kier molecular flexibility index (Phi) is 14.9. The molecule has 0 aromatic rings. The van der Waals surface area contributed by atoms with Gasteiger partial charge in [-0.3, -0.25) is 4.79 Å². The van der Waals surface area contributed by atoms with Crippen molar-refractivity contribution in [2.24, 2.45) is 5.41 Å². The molecule has 0 rings (SSSR count). The van der Waals surface area contributed by atoms with Gasteiger partial charge in [0.1, 0.15) is 5.78 Å². The molecule has 0 bridgehead atoms. The zero-order valence-corrected chi connectivity index (χ0v) is 18.6. The second-order valence-electron chi connectivity index (χ2n) is 7.04. The van der Waals surface area contributed by atoms with Crippen LogP contribution >= 0.6 is 0 Å². The Morgan fingerprint density at radius 2 is 1.00 bits per heavy atom. The molecule has 0 unspecified atom stereocenters. The highest BCUT2D eigenvalue weighted by Crippen LogP contribution is 2.39. The Bertz CT molecular complexity index is 481. The summed E-state index contributed by atoms with van der Waals surface area (Å²) in [6.07, 6.45) is 3.09. The van der Waals surface area contributed by atoms with Gasteiger partial charge in [-0.1, -0.05) is 6.92 Å². The predicted octanol–water partition coefficient (Wildman–Crippen LogP) is 2.75. The summed E-state index contributed by atoms with van der Waals surface area (Å²) in [5.41, 5.74) is -0.350. The second kappa shape index (κ2) is 16.3. The lowest BCUT2D eigenvalue weighted by atomic mass is 9.71. The second-order valence-corrected chi connectivity index (χ2v) is 7.04. The molecule has 3 N–H and O–H groups in total. The highest BCUT2D eigenvalue weighted by atomic mass is 16.6. The number of Topliss-reactive ketones (excluding diaryl/α,β-unsaturated/α-hetero) is 1. The summed E-state index contributed by atoms with van der Waals surface area (Å²) in [6, 6.07) is 0. The number of alkyl carbamates (subject to hydrolysis) is 3. The largest absolute Gasteiger partial charge is 0.450 e. The third-order valence-corrected chi connectivity index (χ3v) is 4.83. The fourth-order valence-corrected chi connectivity index (χ4v) is 3.24. The molecule has 0 saturated carbocycles. The SMILES string of the molecule is CCC(=O)CC(CCCOC(=O)NC)(CCCOC(=O)NC)CCCOC(=O)NC. The van der Waals surface area contributed by atoms with E-state index in [1.165, 1.54) is 21.1 Å². The Morgan fingerprint density at radius 1 is 0.667 bits per heavy atom. The van der Waals surface area contributed by atoms with E-state index in [0.717, 1.165) is 0 Å². The van der Waals surface area contributed by atoms with Gasteiger partial charge < -0.3 is 30.2 Å². The smallest absolute Gasteiger partial charge is 0.406 e. The van der Waals surface area contributed by atoms with Crippen molar-refractivity contribution >= 4 is 24.1 Å². The fourth-order valence-electron chi connectivity index (χ4n) is 3.24. The van der Waals surface area contributed by atoms with Crippen molar-refractivity contribution in [3.63, 3.8) is 0 Å². The molecule has 0 heterocycles. The number of hydrogen-bond donors (Lipinski definition) is 3. The minimum Gasteiger partial charge on any atom is -0.450 e. The molecule has 0 aliphatic heterocycles. The topological polar surface area (TPSA) is 132 Å². The Hall–Kier alpha value is -2.52. The first-order valence-corrected chi connectivity index (χ1v) is 10.4. The molecule has 0 saturated heterocycles. The summed E-state index contributed by atoms with van der Waals surface area (Å²) in [4.78, 5) is 46.1. The van der Waals surface area contributed by atoms with E-state index in [0.29, 0.717) is 51.4 Å². The maximum absolute atomic E-state index is 12.3. The van der Waals surface area contributed by atoms with Crippen molar-refractivity contribution < 1.29 is 33.4 Å². The van der Waals surface area contributed by atoms with Crippen LogP contribution in [-0.4, -0.2) is 65.0 Å². The first-order valence-electron chi connectivity index (χ1n) is 10.4. The van der Waals surface area contributed by atoms with E-state index in [4.69, 9.17) is 14.2 Å². The standard InChI is InChI=1S/C20H37N3O7/c1-5-16(24)15-20(9-6-12-28-17(25)21-2,10-7-13-29-18(26)22-3)11-8-14-30-19(27)23-4/h5-15H2,1-4H3,(H,21,25)(H,22,26)(H,23,27). The minimum absolute atomic E-state index is 0.140. The first-order chi connectivity index (χ1) is 14.3. The molecule has 0 aromatic heterocycles. The van der Waals surface area contributed by atoms with Crippen LogP contribution in [0.1, 0.15) is 58.3 Å². The van der Waals surface area contributed by atoms with Gasteiger partial charge >= 0.3 is 18.3 Å². The summed E-state index contributed by atoms with van der Waals surface area (Å²) >= 11 is 0. The van der Waals surface area contributed by atoms with Gasteiger partial charge in [-0.15, -0.1) is 0 Å². The number of carbonyl (C=O) groups excluding carboxylic acids is 4. The molecule has 3 amide bonds. The summed E-state index contributed by atoms with van der Waals surface area (Å²) in [5, 5.41) is 7.19. The van der Waals surface area contributed by atoms with Crippen LogP contribution in [0.4, 0.5) is 14.4 Å². The van der Waals surface area contributed by atoms with Crippen LogP contribution in [-0.2, 0) is 19.0 Å². The van der Waals surface area contributed by atoms with E-state index in [-0.39, 0.29) is 31.0 Å². The molecule has 10 nitrogen and oxygen atoms in total. The minimum atomic E-state index is -0.497. The Morgan fingerprint density at radius 3 is 1.27 bits per heavy atom. The monoisotopic (exact) mass is 431 g/mol. The number of nitrogens with one attached hydrogen (secondary N) is 3. The normalized spacial score (nSPS) is 10.7. The molecular weight excluding hydrogens is 394 g/mol. The number of amides is 3. The zero-order chi connectivity index (χ0) is 22.8. The van der Waals surface area contributed by atoms with Gasteiger partial charge in [0.15, 0.2) is 0 Å². The van der Waals surface area contributed by atoms with Crippen LogP contribution in [0.5, 0.6) is 0 Å². The molecule has 0 aromatic carbocycles. The average molecular weight is 432 g/mol. The Labute approximate surface area is 178 Å². The molecule has 0 aliphatic carbocycles. The third-order valence-electron chi connectivity index (χ3n) is 4.83. The highest BCUT2D eigenvalue weighted by molar-refractivity contribution is 5.78. The molecular formula is C20H37N3O7. The van der Waals surface area contributed by atoms with Crippen LogP contribution in [0, 0.1) is 5.41 Å². The highest BCUT2D eigenvalue weighted by Gasteiger charge is 2.31. The van der Waals surface area contributed by atoms with Crippen molar-refractivity contribution in [3.05, 3.63) is 0 Å². The van der Waals surface area contributed by atoms with Crippen LogP contribution in [0.25, 0.3) is 0 Å². The van der Waals surface area contributed by atoms with Gasteiger partial charge in [-0.05, 0) is 43.9 Å². The van der Waals surface area contributed by atoms with Crippen molar-refractivity contribution in [2.45, 2.75) is 58.3 Å². The summed E-state index contributed by atoms with van der Waals surface area (Å²) in [6.45, 7) is 2.55. The van der Waals surface area contributed by atoms with Crippen LogP contribution in [0.2, 0.25) is 0 Å². The number of carbonyl (C=O) groups is 4. The van der Waals surface area contributed by atoms with Crippen LogP contribution in [0.3, 0.4) is 0 Å². The zero-order valence-electron chi connectivity index (χ0n) is 18.6. The number of ketones is 1. The van der Waals surface area contributed by atoms with Gasteiger partial charge in [-0.2, -0.15) is 0 Å². The van der Waals surface area contributed by atoms with E-state index >= 15 is 0 Å². The van der Waals surface area contributed by atoms with Gasteiger partial charge in [-0.25, -0.2) is 14.4 Å². The number of rotatable bonds is 15. The van der Waals surface area contributed by atoms with Crippen LogP contribution < -0.4 is 16.0 Å². The maximum atomic E-state index is 12.3. The maximum Gasteiger partial charge on any atom is 0.406 e. The quantitative estimate of drug-likeness (QED) is 0.268. The number of ether oxygens (including phenoxy) is 3. The molecule has 0 atom stereocenters. The molecule has 10 heteroatoms. The predicted molar refractivity (Wildman–Crippen MR) is 111 cm³/mol. The van der Waals surface area contributed by atoms with Gasteiger partial charge in [0.25, 0.3) is 0 Å². The average Bonchev–Trinajstić information content (AvgIpc) is 2.76. The fraction of sp³-hybridized carbons (Fsp3) is 0.800. The van der Waals surface area contributed by atoms with E-state index in [9.17, 15) is 19.2 Å². The summed E-state index contributed by atoms with van der Waals surface area (Å²) in [5.74, 6) is 0.140. The van der Waals surface area contributed by atoms with Gasteiger partial charge in [0.2, 0.25) is 0 Å².